The van der Waals surface area contributed by atoms with E-state index in [4.69, 9.17) is 16.3 Å². The summed E-state index contributed by atoms with van der Waals surface area (Å²) in [5.41, 5.74) is 0.963. The zero-order valence-corrected chi connectivity index (χ0v) is 16.9. The Morgan fingerprint density at radius 1 is 1.23 bits per heavy atom. The standard InChI is InChI=1S/C22H19ClN2O5/c1-3-6-14-9-13(11-18(19(14)26)30-4-2)10-17-20(27)24-22(29)25(21(17)28)16-8-5-7-15(23)12-16/h3,5,7-12,26H,1,4,6H2,2H3,(H,24,27,29)/b17-10-. The first kappa shape index (κ1) is 21.1. The van der Waals surface area contributed by atoms with E-state index >= 15 is 0 Å². The molecule has 30 heavy (non-hydrogen) atoms. The Morgan fingerprint density at radius 2 is 2.00 bits per heavy atom. The van der Waals surface area contributed by atoms with Crippen LogP contribution < -0.4 is 15.0 Å². The van der Waals surface area contributed by atoms with E-state index in [2.05, 4.69) is 11.9 Å². The molecule has 1 aliphatic rings. The summed E-state index contributed by atoms with van der Waals surface area (Å²) in [6.07, 6.45) is 3.31. The highest BCUT2D eigenvalue weighted by Gasteiger charge is 2.37. The van der Waals surface area contributed by atoms with Crippen molar-refractivity contribution >= 4 is 41.2 Å². The van der Waals surface area contributed by atoms with Gasteiger partial charge >= 0.3 is 6.03 Å². The van der Waals surface area contributed by atoms with Gasteiger partial charge in [0.1, 0.15) is 5.57 Å². The largest absolute Gasteiger partial charge is 0.504 e. The molecule has 0 saturated carbocycles. The number of ether oxygens (including phenoxy) is 1. The summed E-state index contributed by atoms with van der Waals surface area (Å²) in [7, 11) is 0. The van der Waals surface area contributed by atoms with Crippen molar-refractivity contribution in [1.82, 2.24) is 5.32 Å². The van der Waals surface area contributed by atoms with Crippen LogP contribution in [0.15, 0.2) is 54.6 Å². The number of nitrogens with zero attached hydrogens (tertiary/aromatic N) is 1. The average Bonchev–Trinajstić information content (AvgIpc) is 2.69. The van der Waals surface area contributed by atoms with Crippen LogP contribution in [-0.2, 0) is 16.0 Å². The van der Waals surface area contributed by atoms with Crippen LogP contribution in [0.3, 0.4) is 0 Å². The highest BCUT2D eigenvalue weighted by molar-refractivity contribution is 6.39. The summed E-state index contributed by atoms with van der Waals surface area (Å²) in [4.78, 5) is 38.5. The molecule has 3 rings (SSSR count). The molecule has 0 aromatic heterocycles. The van der Waals surface area contributed by atoms with Crippen molar-refractivity contribution in [3.63, 3.8) is 0 Å². The molecule has 1 aliphatic heterocycles. The van der Waals surface area contributed by atoms with Gasteiger partial charge in [-0.15, -0.1) is 6.58 Å². The number of anilines is 1. The molecule has 1 fully saturated rings. The maximum atomic E-state index is 13.0. The molecule has 1 saturated heterocycles. The van der Waals surface area contributed by atoms with Crippen molar-refractivity contribution in [1.29, 1.82) is 0 Å². The average molecular weight is 427 g/mol. The fourth-order valence-corrected chi connectivity index (χ4v) is 3.21. The zero-order chi connectivity index (χ0) is 21.8. The molecule has 1 heterocycles. The second-order valence-electron chi connectivity index (χ2n) is 6.39. The summed E-state index contributed by atoms with van der Waals surface area (Å²) < 4.78 is 5.45. The molecule has 0 aliphatic carbocycles. The maximum Gasteiger partial charge on any atom is 0.335 e. The Labute approximate surface area is 178 Å². The van der Waals surface area contributed by atoms with Crippen molar-refractivity contribution in [3.05, 3.63) is 70.8 Å². The first-order valence-electron chi connectivity index (χ1n) is 9.12. The second kappa shape index (κ2) is 8.84. The Kier molecular flexibility index (Phi) is 6.23. The number of carbonyl (C=O) groups excluding carboxylic acids is 3. The SMILES string of the molecule is C=CCc1cc(/C=C2/C(=O)NC(=O)N(c3cccc(Cl)c3)C2=O)cc(OCC)c1O. The van der Waals surface area contributed by atoms with E-state index in [1.807, 2.05) is 0 Å². The van der Waals surface area contributed by atoms with Crippen LogP contribution >= 0.6 is 11.6 Å². The van der Waals surface area contributed by atoms with Crippen molar-refractivity contribution in [2.75, 3.05) is 11.5 Å². The van der Waals surface area contributed by atoms with Crippen LogP contribution in [0.25, 0.3) is 6.08 Å². The lowest BCUT2D eigenvalue weighted by atomic mass is 10.0. The predicted octanol–water partition coefficient (Wildman–Crippen LogP) is 3.84. The molecule has 154 valence electrons. The monoisotopic (exact) mass is 426 g/mol. The Bertz CT molecular complexity index is 1080. The van der Waals surface area contributed by atoms with Gasteiger partial charge < -0.3 is 9.84 Å². The van der Waals surface area contributed by atoms with Gasteiger partial charge in [0.05, 0.1) is 12.3 Å². The fraction of sp³-hybridized carbons (Fsp3) is 0.136. The molecule has 0 atom stereocenters. The van der Waals surface area contributed by atoms with Gasteiger partial charge in [-0.25, -0.2) is 9.69 Å². The van der Waals surface area contributed by atoms with E-state index in [1.165, 1.54) is 24.3 Å². The lowest BCUT2D eigenvalue weighted by molar-refractivity contribution is -0.122. The lowest BCUT2D eigenvalue weighted by Gasteiger charge is -2.26. The van der Waals surface area contributed by atoms with E-state index in [-0.39, 0.29) is 22.8 Å². The molecule has 2 N–H and O–H groups in total. The molecule has 0 bridgehead atoms. The molecule has 4 amide bonds. The Hall–Kier alpha value is -3.58. The zero-order valence-electron chi connectivity index (χ0n) is 16.1. The number of amides is 4. The minimum atomic E-state index is -0.863. The summed E-state index contributed by atoms with van der Waals surface area (Å²) in [5, 5.41) is 12.8. The number of rotatable bonds is 6. The normalized spacial score (nSPS) is 15.3. The van der Waals surface area contributed by atoms with Gasteiger partial charge in [0, 0.05) is 10.6 Å². The van der Waals surface area contributed by atoms with Crippen LogP contribution in [-0.4, -0.2) is 29.6 Å². The van der Waals surface area contributed by atoms with Crippen LogP contribution in [0.2, 0.25) is 5.02 Å². The minimum Gasteiger partial charge on any atom is -0.504 e. The number of barbiturate groups is 1. The number of hydrogen-bond acceptors (Lipinski definition) is 5. The number of carbonyl (C=O) groups is 3. The number of benzene rings is 2. The van der Waals surface area contributed by atoms with Gasteiger partial charge in [-0.05, 0) is 55.3 Å². The van der Waals surface area contributed by atoms with Gasteiger partial charge in [0.25, 0.3) is 11.8 Å². The molecular formula is C22H19ClN2O5. The molecule has 0 radical (unpaired) electrons. The van der Waals surface area contributed by atoms with Crippen molar-refractivity contribution < 1.29 is 24.2 Å². The third-order valence-corrected chi connectivity index (χ3v) is 4.55. The maximum absolute atomic E-state index is 13.0. The molecule has 2 aromatic carbocycles. The topological polar surface area (TPSA) is 95.9 Å². The molecule has 0 spiro atoms. The lowest BCUT2D eigenvalue weighted by Crippen LogP contribution is -2.54. The van der Waals surface area contributed by atoms with Crippen LogP contribution in [0, 0.1) is 0 Å². The smallest absolute Gasteiger partial charge is 0.335 e. The third kappa shape index (κ3) is 4.21. The molecule has 8 heteroatoms. The first-order chi connectivity index (χ1) is 14.3. The van der Waals surface area contributed by atoms with Gasteiger partial charge in [-0.1, -0.05) is 23.7 Å². The summed E-state index contributed by atoms with van der Waals surface area (Å²) in [6, 6.07) is 8.44. The third-order valence-electron chi connectivity index (χ3n) is 4.32. The number of aromatic hydroxyl groups is 1. The highest BCUT2D eigenvalue weighted by atomic mass is 35.5. The first-order valence-corrected chi connectivity index (χ1v) is 9.50. The van der Waals surface area contributed by atoms with Gasteiger partial charge in [-0.2, -0.15) is 0 Å². The summed E-state index contributed by atoms with van der Waals surface area (Å²) in [6.45, 7) is 5.75. The van der Waals surface area contributed by atoms with Gasteiger partial charge in [0.2, 0.25) is 0 Å². The van der Waals surface area contributed by atoms with Crippen molar-refractivity contribution in [3.8, 4) is 11.5 Å². The highest BCUT2D eigenvalue weighted by Crippen LogP contribution is 2.33. The Morgan fingerprint density at radius 3 is 2.67 bits per heavy atom. The number of allylic oxidation sites excluding steroid dienone is 1. The van der Waals surface area contributed by atoms with E-state index in [9.17, 15) is 19.5 Å². The molecular weight excluding hydrogens is 408 g/mol. The summed E-state index contributed by atoms with van der Waals surface area (Å²) >= 11 is 5.97. The molecule has 7 nitrogen and oxygen atoms in total. The minimum absolute atomic E-state index is 0.0333. The number of imide groups is 2. The number of hydrogen-bond donors (Lipinski definition) is 2. The van der Waals surface area contributed by atoms with E-state index < -0.39 is 17.8 Å². The van der Waals surface area contributed by atoms with Crippen molar-refractivity contribution in [2.24, 2.45) is 0 Å². The number of urea groups is 1. The molecule has 0 unspecified atom stereocenters. The van der Waals surface area contributed by atoms with Crippen molar-refractivity contribution in [2.45, 2.75) is 13.3 Å². The fourth-order valence-electron chi connectivity index (χ4n) is 3.02. The molecule has 2 aromatic rings. The van der Waals surface area contributed by atoms with E-state index in [0.29, 0.717) is 29.2 Å². The van der Waals surface area contributed by atoms with Gasteiger partial charge in [-0.3, -0.25) is 14.9 Å². The van der Waals surface area contributed by atoms with Crippen LogP contribution in [0.5, 0.6) is 11.5 Å². The second-order valence-corrected chi connectivity index (χ2v) is 6.83. The number of nitrogens with one attached hydrogen (secondary N) is 1. The van der Waals surface area contributed by atoms with E-state index in [0.717, 1.165) is 4.90 Å². The number of phenolic OH excluding ortho intramolecular Hbond substituents is 1. The Balaban J connectivity index is 2.07. The van der Waals surface area contributed by atoms with E-state index in [1.54, 1.807) is 31.2 Å². The number of phenols is 1. The van der Waals surface area contributed by atoms with Crippen LogP contribution in [0.1, 0.15) is 18.1 Å². The number of halogens is 1. The van der Waals surface area contributed by atoms with Crippen LogP contribution in [0.4, 0.5) is 10.5 Å². The quantitative estimate of drug-likeness (QED) is 0.415. The van der Waals surface area contributed by atoms with Gasteiger partial charge in [0.15, 0.2) is 11.5 Å². The summed E-state index contributed by atoms with van der Waals surface area (Å²) in [5.74, 6) is -1.42. The predicted molar refractivity (Wildman–Crippen MR) is 114 cm³/mol.